The molecule has 0 unspecified atom stereocenters. The lowest BCUT2D eigenvalue weighted by Crippen LogP contribution is -2.36. The van der Waals surface area contributed by atoms with Crippen LogP contribution in [-0.4, -0.2) is 37.5 Å². The van der Waals surface area contributed by atoms with E-state index in [1.807, 2.05) is 0 Å². The molecule has 0 aromatic carbocycles. The quantitative estimate of drug-likeness (QED) is 0.495. The van der Waals surface area contributed by atoms with Crippen molar-refractivity contribution in [1.82, 2.24) is 3.53 Å². The Bertz CT molecular complexity index is 187. The van der Waals surface area contributed by atoms with Crippen molar-refractivity contribution in [2.45, 2.75) is 45.3 Å². The van der Waals surface area contributed by atoms with Gasteiger partial charge in [-0.1, -0.05) is 0 Å². The average molecular weight is 344 g/mol. The van der Waals surface area contributed by atoms with Gasteiger partial charge in [0.15, 0.2) is 0 Å². The molecule has 0 aromatic rings. The van der Waals surface area contributed by atoms with E-state index in [1.54, 1.807) is 0 Å². The van der Waals surface area contributed by atoms with Gasteiger partial charge in [-0.05, 0) is 34.1 Å². The highest BCUT2D eigenvalue weighted by atomic mass is 127. The number of nitrogens with one attached hydrogen (secondary N) is 1. The van der Waals surface area contributed by atoms with E-state index in [2.05, 4.69) is 54.1 Å². The molecule has 0 fully saturated rings. The van der Waals surface area contributed by atoms with Gasteiger partial charge in [0, 0.05) is 36.0 Å². The molecule has 0 aliphatic carbocycles. The lowest BCUT2D eigenvalue weighted by molar-refractivity contribution is -0.0676. The van der Waals surface area contributed by atoms with Crippen LogP contribution >= 0.6 is 22.9 Å². The second-order valence-corrected chi connectivity index (χ2v) is 5.83. The van der Waals surface area contributed by atoms with Crippen LogP contribution in [0.4, 0.5) is 0 Å². The first kappa shape index (κ1) is 16.6. The van der Waals surface area contributed by atoms with Gasteiger partial charge in [0.2, 0.25) is 0 Å². The summed E-state index contributed by atoms with van der Waals surface area (Å²) in [6.07, 6.45) is 0.873. The Hall–Kier alpha value is 0.570. The van der Waals surface area contributed by atoms with Crippen LogP contribution in [0.1, 0.15) is 34.1 Å². The Morgan fingerprint density at radius 2 is 1.62 bits per heavy atom. The summed E-state index contributed by atoms with van der Waals surface area (Å²) >= 11 is 2.13. The second-order valence-electron chi connectivity index (χ2n) is 5.07. The Morgan fingerprint density at radius 3 is 2.12 bits per heavy atom. The predicted octanol–water partition coefficient (Wildman–Crippen LogP) is 1.87. The fourth-order valence-electron chi connectivity index (χ4n) is 1.19. The number of rotatable bonds is 9. The molecule has 5 heteroatoms. The summed E-state index contributed by atoms with van der Waals surface area (Å²) in [4.78, 5) is 0. The van der Waals surface area contributed by atoms with Crippen LogP contribution in [0.15, 0.2) is 0 Å². The molecule has 16 heavy (non-hydrogen) atoms. The molecule has 0 saturated carbocycles. The maximum atomic E-state index is 5.81. The molecule has 0 amide bonds. The smallest absolute Gasteiger partial charge is 0.0758 e. The predicted molar refractivity (Wildman–Crippen MR) is 75.8 cm³/mol. The molecule has 3 N–H and O–H groups in total. The summed E-state index contributed by atoms with van der Waals surface area (Å²) in [6, 6.07) is 0. The van der Waals surface area contributed by atoms with Gasteiger partial charge >= 0.3 is 0 Å². The number of nitrogens with two attached hydrogens (primary N) is 1. The first-order chi connectivity index (χ1) is 7.33. The highest BCUT2D eigenvalue weighted by molar-refractivity contribution is 14.1. The zero-order valence-corrected chi connectivity index (χ0v) is 13.0. The zero-order valence-electron chi connectivity index (χ0n) is 10.8. The van der Waals surface area contributed by atoms with Crippen LogP contribution in [0.5, 0.6) is 0 Å². The van der Waals surface area contributed by atoms with Crippen molar-refractivity contribution in [1.29, 1.82) is 0 Å². The van der Waals surface area contributed by atoms with Crippen LogP contribution in [0.3, 0.4) is 0 Å². The third-order valence-corrected chi connectivity index (χ3v) is 2.68. The molecule has 0 atom stereocenters. The largest absolute Gasteiger partial charge is 0.374 e. The lowest BCUT2D eigenvalue weighted by atomic mass is 10.1. The van der Waals surface area contributed by atoms with E-state index in [0.717, 1.165) is 13.0 Å². The van der Waals surface area contributed by atoms with Crippen LogP contribution in [0.25, 0.3) is 0 Å². The number of hydrogen-bond acceptors (Lipinski definition) is 4. The summed E-state index contributed by atoms with van der Waals surface area (Å²) in [6.45, 7) is 11.0. The molecule has 0 aromatic heterocycles. The van der Waals surface area contributed by atoms with Crippen LogP contribution in [0.2, 0.25) is 0 Å². The number of ether oxygens (including phenoxy) is 2. The van der Waals surface area contributed by atoms with Gasteiger partial charge in [-0.25, -0.2) is 0 Å². The minimum Gasteiger partial charge on any atom is -0.374 e. The summed E-state index contributed by atoms with van der Waals surface area (Å²) in [5, 5.41) is 0. The normalized spacial score (nSPS) is 13.1. The van der Waals surface area contributed by atoms with Crippen LogP contribution < -0.4 is 9.26 Å². The molecule has 0 rings (SSSR count). The molecule has 0 aliphatic rings. The van der Waals surface area contributed by atoms with E-state index in [9.17, 15) is 0 Å². The summed E-state index contributed by atoms with van der Waals surface area (Å²) in [5.74, 6) is 0. The Balaban J connectivity index is 3.78. The van der Waals surface area contributed by atoms with Gasteiger partial charge in [-0.15, -0.1) is 0 Å². The number of halogens is 1. The molecule has 0 saturated heterocycles. The second kappa shape index (κ2) is 7.81. The van der Waals surface area contributed by atoms with Gasteiger partial charge in [-0.2, -0.15) is 0 Å². The highest BCUT2D eigenvalue weighted by Crippen LogP contribution is 2.16. The lowest BCUT2D eigenvalue weighted by Gasteiger charge is -2.29. The first-order valence-corrected chi connectivity index (χ1v) is 6.72. The third kappa shape index (κ3) is 8.69. The molecule has 0 aliphatic heterocycles. The van der Waals surface area contributed by atoms with Crippen LogP contribution in [-0.2, 0) is 9.47 Å². The van der Waals surface area contributed by atoms with E-state index in [-0.39, 0.29) is 11.2 Å². The van der Waals surface area contributed by atoms with E-state index in [4.69, 9.17) is 15.2 Å². The van der Waals surface area contributed by atoms with Crippen LogP contribution in [0, 0.1) is 0 Å². The van der Waals surface area contributed by atoms with Gasteiger partial charge in [0.05, 0.1) is 24.4 Å². The topological polar surface area (TPSA) is 56.5 Å². The van der Waals surface area contributed by atoms with Gasteiger partial charge < -0.3 is 15.2 Å². The maximum absolute atomic E-state index is 5.81. The van der Waals surface area contributed by atoms with E-state index in [0.29, 0.717) is 19.8 Å². The molecular formula is C11H25IN2O2. The molecule has 0 spiro atoms. The molecular weight excluding hydrogens is 319 g/mol. The Kier molecular flexibility index (Phi) is 8.09. The monoisotopic (exact) mass is 344 g/mol. The van der Waals surface area contributed by atoms with E-state index >= 15 is 0 Å². The van der Waals surface area contributed by atoms with Gasteiger partial charge in [0.25, 0.3) is 0 Å². The Labute approximate surface area is 113 Å². The van der Waals surface area contributed by atoms with Crippen molar-refractivity contribution >= 4 is 22.9 Å². The van der Waals surface area contributed by atoms with Gasteiger partial charge in [-0.3, -0.25) is 3.53 Å². The van der Waals surface area contributed by atoms with Crippen molar-refractivity contribution in [3.63, 3.8) is 0 Å². The molecule has 98 valence electrons. The molecule has 0 bridgehead atoms. The SMILES string of the molecule is CC(C)(CCOC(C)(C)CNI)OCCN. The van der Waals surface area contributed by atoms with Crippen molar-refractivity contribution in [2.24, 2.45) is 5.73 Å². The van der Waals surface area contributed by atoms with E-state index < -0.39 is 0 Å². The average Bonchev–Trinajstić information content (AvgIpc) is 2.14. The molecule has 0 radical (unpaired) electrons. The number of hydrogen-bond donors (Lipinski definition) is 2. The standard InChI is InChI=1S/C11H25IN2O2/c1-10(2,16-8-6-13)5-7-15-11(3,4)9-14-12/h14H,5-9,13H2,1-4H3. The van der Waals surface area contributed by atoms with Crippen molar-refractivity contribution in [2.75, 3.05) is 26.3 Å². The maximum Gasteiger partial charge on any atom is 0.0758 e. The van der Waals surface area contributed by atoms with Crippen molar-refractivity contribution in [3.05, 3.63) is 0 Å². The minimum absolute atomic E-state index is 0.134. The molecule has 4 nitrogen and oxygen atoms in total. The molecule has 0 heterocycles. The first-order valence-electron chi connectivity index (χ1n) is 5.64. The summed E-state index contributed by atoms with van der Waals surface area (Å²) in [7, 11) is 0. The summed E-state index contributed by atoms with van der Waals surface area (Å²) in [5.41, 5.74) is 5.11. The highest BCUT2D eigenvalue weighted by Gasteiger charge is 2.22. The van der Waals surface area contributed by atoms with Gasteiger partial charge in [0.1, 0.15) is 0 Å². The third-order valence-electron chi connectivity index (χ3n) is 2.30. The minimum atomic E-state index is -0.160. The van der Waals surface area contributed by atoms with Crippen molar-refractivity contribution in [3.8, 4) is 0 Å². The zero-order chi connectivity index (χ0) is 12.7. The fraction of sp³-hybridized carbons (Fsp3) is 1.00. The fourth-order valence-corrected chi connectivity index (χ4v) is 2.11. The van der Waals surface area contributed by atoms with E-state index in [1.165, 1.54) is 0 Å². The Morgan fingerprint density at radius 1 is 1.06 bits per heavy atom. The summed E-state index contributed by atoms with van der Waals surface area (Å²) < 4.78 is 14.5. The van der Waals surface area contributed by atoms with Crippen molar-refractivity contribution < 1.29 is 9.47 Å².